The van der Waals surface area contributed by atoms with Crippen molar-refractivity contribution in [3.63, 3.8) is 0 Å². The van der Waals surface area contributed by atoms with Crippen LogP contribution in [-0.2, 0) is 16.0 Å². The normalized spacial score (nSPS) is 10.5. The van der Waals surface area contributed by atoms with Crippen LogP contribution in [0.4, 0.5) is 11.4 Å². The highest BCUT2D eigenvalue weighted by molar-refractivity contribution is 5.94. The van der Waals surface area contributed by atoms with Crippen LogP contribution in [0.15, 0.2) is 97.1 Å². The van der Waals surface area contributed by atoms with Crippen LogP contribution in [0.1, 0.15) is 5.56 Å². The number of fused-ring (bicyclic) bond motifs is 1. The van der Waals surface area contributed by atoms with Crippen molar-refractivity contribution in [2.24, 2.45) is 0 Å². The molecule has 2 N–H and O–H groups in total. The second-order valence-electron chi connectivity index (χ2n) is 7.10. The molecular weight excluding hydrogens is 388 g/mol. The van der Waals surface area contributed by atoms with Gasteiger partial charge >= 0.3 is 0 Å². The summed E-state index contributed by atoms with van der Waals surface area (Å²) in [6.07, 6.45) is 0.310. The highest BCUT2D eigenvalue weighted by Gasteiger charge is 2.08. The van der Waals surface area contributed by atoms with Crippen molar-refractivity contribution in [1.29, 1.82) is 0 Å². The van der Waals surface area contributed by atoms with Crippen LogP contribution in [0.3, 0.4) is 0 Å². The molecule has 0 fully saturated rings. The Hall–Kier alpha value is -4.12. The highest BCUT2D eigenvalue weighted by atomic mass is 16.5. The van der Waals surface area contributed by atoms with Crippen LogP contribution in [-0.4, -0.2) is 18.4 Å². The zero-order valence-electron chi connectivity index (χ0n) is 16.9. The molecule has 154 valence electrons. The molecule has 0 aliphatic heterocycles. The molecule has 0 bridgehead atoms. The summed E-state index contributed by atoms with van der Waals surface area (Å²) in [6, 6.07) is 30.2. The maximum Gasteiger partial charge on any atom is 0.262 e. The Labute approximate surface area is 180 Å². The number of hydrogen-bond donors (Lipinski definition) is 2. The van der Waals surface area contributed by atoms with Crippen molar-refractivity contribution in [3.8, 4) is 5.75 Å². The second-order valence-corrected chi connectivity index (χ2v) is 7.10. The number of hydrogen-bond acceptors (Lipinski definition) is 3. The zero-order chi connectivity index (χ0) is 21.5. The first-order valence-corrected chi connectivity index (χ1v) is 10.0. The third-order valence-corrected chi connectivity index (χ3v) is 4.77. The molecule has 5 nitrogen and oxygen atoms in total. The van der Waals surface area contributed by atoms with Gasteiger partial charge in [-0.1, -0.05) is 66.7 Å². The van der Waals surface area contributed by atoms with E-state index in [4.69, 9.17) is 4.74 Å². The summed E-state index contributed by atoms with van der Waals surface area (Å²) in [5.41, 5.74) is 2.26. The fraction of sp³-hybridized carbons (Fsp3) is 0.0769. The minimum absolute atomic E-state index is 0.0912. The Morgan fingerprint density at radius 1 is 0.645 bits per heavy atom. The third kappa shape index (κ3) is 5.48. The average molecular weight is 410 g/mol. The molecular formula is C26H22N2O3. The smallest absolute Gasteiger partial charge is 0.262 e. The van der Waals surface area contributed by atoms with Gasteiger partial charge in [-0.15, -0.1) is 0 Å². The number of rotatable bonds is 7. The Balaban J connectivity index is 1.29. The quantitative estimate of drug-likeness (QED) is 0.449. The van der Waals surface area contributed by atoms with E-state index in [2.05, 4.69) is 10.6 Å². The summed E-state index contributed by atoms with van der Waals surface area (Å²) in [5.74, 6) is 0.324. The van der Waals surface area contributed by atoms with Gasteiger partial charge in [-0.3, -0.25) is 9.59 Å². The van der Waals surface area contributed by atoms with E-state index in [-0.39, 0.29) is 18.4 Å². The van der Waals surface area contributed by atoms with E-state index in [1.54, 1.807) is 24.3 Å². The van der Waals surface area contributed by atoms with E-state index in [0.29, 0.717) is 23.5 Å². The number of anilines is 2. The summed E-state index contributed by atoms with van der Waals surface area (Å²) >= 11 is 0. The number of carbonyl (C=O) groups is 2. The standard InChI is InChI=1S/C26H22N2O3/c29-25(17-19-7-2-1-3-8-19)27-21-13-15-22(16-14-21)28-26(30)18-31-24-12-6-10-20-9-4-5-11-23(20)24/h1-16H,17-18H2,(H,27,29)(H,28,30). The first kappa shape index (κ1) is 20.2. The summed E-state index contributed by atoms with van der Waals surface area (Å²) < 4.78 is 5.72. The first-order chi connectivity index (χ1) is 15.2. The topological polar surface area (TPSA) is 67.4 Å². The molecule has 0 spiro atoms. The molecule has 4 aromatic rings. The SMILES string of the molecule is O=C(COc1cccc2ccccc12)Nc1ccc(NC(=O)Cc2ccccc2)cc1. The number of carbonyl (C=O) groups excluding carboxylic acids is 2. The molecule has 0 aromatic heterocycles. The molecule has 0 atom stereocenters. The Morgan fingerprint density at radius 3 is 2.00 bits per heavy atom. The van der Waals surface area contributed by atoms with Crippen molar-refractivity contribution in [1.82, 2.24) is 0 Å². The van der Waals surface area contributed by atoms with Crippen LogP contribution in [0.25, 0.3) is 10.8 Å². The van der Waals surface area contributed by atoms with Gasteiger partial charge in [-0.2, -0.15) is 0 Å². The minimum atomic E-state index is -0.256. The van der Waals surface area contributed by atoms with E-state index in [1.807, 2.05) is 72.8 Å². The van der Waals surface area contributed by atoms with E-state index in [1.165, 1.54) is 0 Å². The number of benzene rings is 4. The van der Waals surface area contributed by atoms with Crippen molar-refractivity contribution in [2.75, 3.05) is 17.2 Å². The summed E-state index contributed by atoms with van der Waals surface area (Å²) in [5, 5.41) is 7.69. The maximum absolute atomic E-state index is 12.3. The minimum Gasteiger partial charge on any atom is -0.483 e. The molecule has 0 aliphatic carbocycles. The molecule has 0 unspecified atom stereocenters. The van der Waals surface area contributed by atoms with Crippen molar-refractivity contribution >= 4 is 34.0 Å². The fourth-order valence-corrected chi connectivity index (χ4v) is 3.29. The molecule has 2 amide bonds. The summed E-state index contributed by atoms with van der Waals surface area (Å²) in [6.45, 7) is -0.0937. The van der Waals surface area contributed by atoms with Crippen LogP contribution < -0.4 is 15.4 Å². The lowest BCUT2D eigenvalue weighted by atomic mass is 10.1. The third-order valence-electron chi connectivity index (χ3n) is 4.77. The molecule has 0 aliphatic rings. The van der Waals surface area contributed by atoms with Crippen molar-refractivity contribution < 1.29 is 14.3 Å². The predicted octanol–water partition coefficient (Wildman–Crippen LogP) is 5.04. The predicted molar refractivity (Wildman–Crippen MR) is 123 cm³/mol. The van der Waals surface area contributed by atoms with Gasteiger partial charge < -0.3 is 15.4 Å². The molecule has 31 heavy (non-hydrogen) atoms. The molecule has 4 aromatic carbocycles. The monoisotopic (exact) mass is 410 g/mol. The van der Waals surface area contributed by atoms with Crippen LogP contribution in [0, 0.1) is 0 Å². The Bertz CT molecular complexity index is 1180. The van der Waals surface area contributed by atoms with E-state index in [9.17, 15) is 9.59 Å². The zero-order valence-corrected chi connectivity index (χ0v) is 16.9. The van der Waals surface area contributed by atoms with Crippen LogP contribution in [0.2, 0.25) is 0 Å². The number of ether oxygens (including phenoxy) is 1. The van der Waals surface area contributed by atoms with Gasteiger partial charge in [0.25, 0.3) is 5.91 Å². The van der Waals surface area contributed by atoms with Gasteiger partial charge in [0.2, 0.25) is 5.91 Å². The van der Waals surface area contributed by atoms with Gasteiger partial charge in [0.15, 0.2) is 6.61 Å². The second kappa shape index (κ2) is 9.59. The molecule has 5 heteroatoms. The van der Waals surface area contributed by atoms with Gasteiger partial charge in [0.1, 0.15) is 5.75 Å². The maximum atomic E-state index is 12.3. The largest absolute Gasteiger partial charge is 0.483 e. The van der Waals surface area contributed by atoms with Gasteiger partial charge in [0.05, 0.1) is 6.42 Å². The lowest BCUT2D eigenvalue weighted by molar-refractivity contribution is -0.118. The summed E-state index contributed by atoms with van der Waals surface area (Å²) in [4.78, 5) is 24.4. The van der Waals surface area contributed by atoms with Gasteiger partial charge in [-0.25, -0.2) is 0 Å². The first-order valence-electron chi connectivity index (χ1n) is 10.0. The van der Waals surface area contributed by atoms with Crippen molar-refractivity contribution in [2.45, 2.75) is 6.42 Å². The molecule has 4 rings (SSSR count). The molecule has 0 radical (unpaired) electrons. The number of amides is 2. The van der Waals surface area contributed by atoms with E-state index in [0.717, 1.165) is 16.3 Å². The van der Waals surface area contributed by atoms with E-state index < -0.39 is 0 Å². The fourth-order valence-electron chi connectivity index (χ4n) is 3.29. The highest BCUT2D eigenvalue weighted by Crippen LogP contribution is 2.25. The summed E-state index contributed by atoms with van der Waals surface area (Å²) in [7, 11) is 0. The molecule has 0 saturated heterocycles. The lowest BCUT2D eigenvalue weighted by Gasteiger charge is -2.10. The molecule has 0 saturated carbocycles. The van der Waals surface area contributed by atoms with Crippen LogP contribution >= 0.6 is 0 Å². The van der Waals surface area contributed by atoms with Gasteiger partial charge in [0, 0.05) is 16.8 Å². The lowest BCUT2D eigenvalue weighted by Crippen LogP contribution is -2.20. The average Bonchev–Trinajstić information content (AvgIpc) is 2.79. The van der Waals surface area contributed by atoms with Gasteiger partial charge in [-0.05, 0) is 41.3 Å². The van der Waals surface area contributed by atoms with Crippen LogP contribution in [0.5, 0.6) is 5.75 Å². The number of nitrogens with one attached hydrogen (secondary N) is 2. The van der Waals surface area contributed by atoms with Crippen molar-refractivity contribution in [3.05, 3.63) is 103 Å². The Morgan fingerprint density at radius 2 is 1.26 bits per heavy atom. The Kier molecular flexibility index (Phi) is 6.24. The van der Waals surface area contributed by atoms with E-state index >= 15 is 0 Å². The molecule has 0 heterocycles.